The van der Waals surface area contributed by atoms with Crippen molar-refractivity contribution < 1.29 is 18.8 Å². The molecule has 0 aromatic carbocycles. The number of rotatable bonds is 6. The van der Waals surface area contributed by atoms with Crippen LogP contribution < -0.4 is 16.0 Å². The topological polar surface area (TPSA) is 100 Å². The van der Waals surface area contributed by atoms with Crippen LogP contribution in [0.4, 0.5) is 0 Å². The maximum atomic E-state index is 13.0. The summed E-state index contributed by atoms with van der Waals surface area (Å²) in [5.74, 6) is 1.07. The van der Waals surface area contributed by atoms with E-state index in [0.717, 1.165) is 32.1 Å². The Kier molecular flexibility index (Phi) is 4.48. The van der Waals surface area contributed by atoms with Crippen molar-refractivity contribution in [3.05, 3.63) is 24.2 Å². The molecule has 0 radical (unpaired) electrons. The third-order valence-electron chi connectivity index (χ3n) is 6.43. The zero-order valence-electron chi connectivity index (χ0n) is 15.7. The number of furan rings is 1. The SMILES string of the molecule is CC(=O)NC12C[C@H]3C[C@@H](C1)CC(C(=O)NCCNC(=O)c1ccco1)(C3)C2. The molecule has 1 heterocycles. The summed E-state index contributed by atoms with van der Waals surface area (Å²) in [6.07, 6.45) is 7.18. The number of hydrogen-bond donors (Lipinski definition) is 3. The van der Waals surface area contributed by atoms with Crippen molar-refractivity contribution in [3.63, 3.8) is 0 Å². The van der Waals surface area contributed by atoms with Crippen LogP contribution in [-0.2, 0) is 9.59 Å². The van der Waals surface area contributed by atoms with Crippen LogP contribution in [0.2, 0.25) is 0 Å². The normalized spacial score (nSPS) is 33.5. The maximum absolute atomic E-state index is 13.0. The Morgan fingerprint density at radius 3 is 2.44 bits per heavy atom. The van der Waals surface area contributed by atoms with E-state index in [2.05, 4.69) is 16.0 Å². The molecule has 4 aliphatic carbocycles. The Labute approximate surface area is 158 Å². The third-order valence-corrected chi connectivity index (χ3v) is 6.43. The number of amides is 3. The fourth-order valence-electron chi connectivity index (χ4n) is 6.08. The highest BCUT2D eigenvalue weighted by atomic mass is 16.3. The van der Waals surface area contributed by atoms with Gasteiger partial charge >= 0.3 is 0 Å². The van der Waals surface area contributed by atoms with Crippen molar-refractivity contribution in [2.75, 3.05) is 13.1 Å². The van der Waals surface area contributed by atoms with Crippen molar-refractivity contribution in [2.24, 2.45) is 17.3 Å². The Hall–Kier alpha value is -2.31. The summed E-state index contributed by atoms with van der Waals surface area (Å²) in [6, 6.07) is 3.26. The first-order chi connectivity index (χ1) is 12.9. The van der Waals surface area contributed by atoms with Crippen molar-refractivity contribution in [2.45, 2.75) is 51.0 Å². The molecule has 4 atom stereocenters. The van der Waals surface area contributed by atoms with E-state index in [1.807, 2.05) is 0 Å². The average Bonchev–Trinajstić information content (AvgIpc) is 3.10. The first kappa shape index (κ1) is 18.1. The second-order valence-corrected chi connectivity index (χ2v) is 8.69. The van der Waals surface area contributed by atoms with Crippen LogP contribution in [-0.4, -0.2) is 36.3 Å². The smallest absolute Gasteiger partial charge is 0.287 e. The number of nitrogens with one attached hydrogen (secondary N) is 3. The molecular weight excluding hydrogens is 346 g/mol. The van der Waals surface area contributed by atoms with Gasteiger partial charge in [0.25, 0.3) is 5.91 Å². The van der Waals surface area contributed by atoms with Gasteiger partial charge in [-0.1, -0.05) is 0 Å². The molecule has 5 rings (SSSR count). The molecule has 27 heavy (non-hydrogen) atoms. The minimum atomic E-state index is -0.377. The van der Waals surface area contributed by atoms with Gasteiger partial charge in [0, 0.05) is 25.6 Å². The summed E-state index contributed by atoms with van der Waals surface area (Å²) >= 11 is 0. The Balaban J connectivity index is 1.34. The van der Waals surface area contributed by atoms with Gasteiger partial charge in [0.1, 0.15) is 0 Å². The summed E-state index contributed by atoms with van der Waals surface area (Å²) in [5, 5.41) is 8.94. The van der Waals surface area contributed by atoms with Gasteiger partial charge in [0.2, 0.25) is 11.8 Å². The van der Waals surface area contributed by atoms with Crippen LogP contribution in [0.25, 0.3) is 0 Å². The van der Waals surface area contributed by atoms with Gasteiger partial charge < -0.3 is 20.4 Å². The average molecular weight is 373 g/mol. The molecule has 3 amide bonds. The van der Waals surface area contributed by atoms with Crippen molar-refractivity contribution in [3.8, 4) is 0 Å². The predicted octanol–water partition coefficient (Wildman–Crippen LogP) is 1.60. The van der Waals surface area contributed by atoms with Gasteiger partial charge in [-0.25, -0.2) is 0 Å². The molecular formula is C20H27N3O4. The first-order valence-electron chi connectivity index (χ1n) is 9.79. The molecule has 7 nitrogen and oxygen atoms in total. The van der Waals surface area contributed by atoms with Gasteiger partial charge in [-0.2, -0.15) is 0 Å². The molecule has 1 aromatic rings. The molecule has 4 saturated carbocycles. The van der Waals surface area contributed by atoms with Gasteiger partial charge in [0.05, 0.1) is 11.7 Å². The first-order valence-corrected chi connectivity index (χ1v) is 9.79. The van der Waals surface area contributed by atoms with Crippen LogP contribution in [0.15, 0.2) is 22.8 Å². The molecule has 7 heteroatoms. The molecule has 0 saturated heterocycles. The largest absolute Gasteiger partial charge is 0.459 e. The molecule has 0 spiro atoms. The van der Waals surface area contributed by atoms with Crippen LogP contribution in [0.5, 0.6) is 0 Å². The Morgan fingerprint density at radius 1 is 1.11 bits per heavy atom. The number of hydrogen-bond acceptors (Lipinski definition) is 4. The van der Waals surface area contributed by atoms with E-state index in [4.69, 9.17) is 4.42 Å². The van der Waals surface area contributed by atoms with E-state index in [0.29, 0.717) is 24.9 Å². The van der Waals surface area contributed by atoms with Crippen molar-refractivity contribution in [1.82, 2.24) is 16.0 Å². The quantitative estimate of drug-likeness (QED) is 0.660. The highest BCUT2D eigenvalue weighted by Gasteiger charge is 2.60. The molecule has 3 N–H and O–H groups in total. The minimum Gasteiger partial charge on any atom is -0.459 e. The molecule has 146 valence electrons. The van der Waals surface area contributed by atoms with Crippen LogP contribution in [0.1, 0.15) is 56.0 Å². The molecule has 4 fully saturated rings. The lowest BCUT2D eigenvalue weighted by molar-refractivity contribution is -0.153. The lowest BCUT2D eigenvalue weighted by atomic mass is 9.46. The molecule has 2 unspecified atom stereocenters. The van der Waals surface area contributed by atoms with E-state index in [-0.39, 0.29) is 34.4 Å². The van der Waals surface area contributed by atoms with Gasteiger partial charge in [-0.15, -0.1) is 0 Å². The summed E-state index contributed by atoms with van der Waals surface area (Å²) < 4.78 is 5.05. The third kappa shape index (κ3) is 3.47. The van der Waals surface area contributed by atoms with E-state index < -0.39 is 0 Å². The minimum absolute atomic E-state index is 0.00635. The second kappa shape index (κ2) is 6.69. The lowest BCUT2D eigenvalue weighted by Crippen LogP contribution is -2.65. The van der Waals surface area contributed by atoms with Crippen LogP contribution in [0.3, 0.4) is 0 Å². The molecule has 4 aliphatic rings. The molecule has 0 aliphatic heterocycles. The lowest BCUT2D eigenvalue weighted by Gasteiger charge is -2.61. The van der Waals surface area contributed by atoms with Crippen LogP contribution >= 0.6 is 0 Å². The monoisotopic (exact) mass is 373 g/mol. The summed E-state index contributed by atoms with van der Waals surface area (Å²) in [5.41, 5.74) is -0.585. The van der Waals surface area contributed by atoms with Gasteiger partial charge in [0.15, 0.2) is 5.76 Å². The van der Waals surface area contributed by atoms with E-state index in [1.165, 1.54) is 12.7 Å². The molecule has 1 aromatic heterocycles. The fourth-order valence-corrected chi connectivity index (χ4v) is 6.08. The number of carbonyl (C=O) groups is 3. The van der Waals surface area contributed by atoms with E-state index >= 15 is 0 Å². The Bertz CT molecular complexity index is 728. The molecule has 4 bridgehead atoms. The van der Waals surface area contributed by atoms with E-state index in [9.17, 15) is 14.4 Å². The van der Waals surface area contributed by atoms with Gasteiger partial charge in [-0.3, -0.25) is 14.4 Å². The Morgan fingerprint density at radius 2 is 1.81 bits per heavy atom. The zero-order valence-corrected chi connectivity index (χ0v) is 15.7. The number of carbonyl (C=O) groups excluding carboxylic acids is 3. The summed E-state index contributed by atoms with van der Waals surface area (Å²) in [6.45, 7) is 2.30. The highest BCUT2D eigenvalue weighted by Crippen LogP contribution is 2.61. The summed E-state index contributed by atoms with van der Waals surface area (Å²) in [4.78, 5) is 36.6. The predicted molar refractivity (Wildman–Crippen MR) is 97.7 cm³/mol. The van der Waals surface area contributed by atoms with Gasteiger partial charge in [-0.05, 0) is 62.5 Å². The van der Waals surface area contributed by atoms with Crippen molar-refractivity contribution >= 4 is 17.7 Å². The highest BCUT2D eigenvalue weighted by molar-refractivity contribution is 5.91. The fraction of sp³-hybridized carbons (Fsp3) is 0.650. The maximum Gasteiger partial charge on any atom is 0.287 e. The standard InChI is InChI=1S/C20H27N3O4/c1-13(24)23-20-10-14-7-15(11-20)9-19(8-14,12-20)18(26)22-5-4-21-17(25)16-3-2-6-27-16/h2-3,6,14-15H,4-5,7-12H2,1H3,(H,21,25)(H,22,26)(H,23,24)/t14-,15+,19?,20?. The summed E-state index contributed by atoms with van der Waals surface area (Å²) in [7, 11) is 0. The second-order valence-electron chi connectivity index (χ2n) is 8.69. The van der Waals surface area contributed by atoms with E-state index in [1.54, 1.807) is 19.1 Å². The van der Waals surface area contributed by atoms with Crippen LogP contribution in [0, 0.1) is 17.3 Å². The zero-order chi connectivity index (χ0) is 19.1. The van der Waals surface area contributed by atoms with Crippen molar-refractivity contribution in [1.29, 1.82) is 0 Å².